The Morgan fingerprint density at radius 1 is 0.900 bits per heavy atom. The SMILES string of the molecule is C[CH2][Nd][Si](CC)(CC)CC. The van der Waals surface area contributed by atoms with Crippen molar-refractivity contribution in [2.75, 3.05) is 0 Å². The molecule has 0 radical (unpaired) electrons. The van der Waals surface area contributed by atoms with E-state index in [9.17, 15) is 0 Å². The van der Waals surface area contributed by atoms with Crippen LogP contribution in [0.4, 0.5) is 0 Å². The molecule has 0 unspecified atom stereocenters. The fourth-order valence-corrected chi connectivity index (χ4v) is 18.9. The van der Waals surface area contributed by atoms with Crippen LogP contribution in [0.3, 0.4) is 0 Å². The van der Waals surface area contributed by atoms with Gasteiger partial charge in [0.1, 0.15) is 0 Å². The van der Waals surface area contributed by atoms with Gasteiger partial charge in [-0.1, -0.05) is 0 Å². The van der Waals surface area contributed by atoms with Gasteiger partial charge in [-0.2, -0.15) is 0 Å². The Hall–Kier alpha value is 1.57. The first-order valence-electron chi connectivity index (χ1n) is 4.49. The zero-order chi connectivity index (χ0) is 8.04. The van der Waals surface area contributed by atoms with Gasteiger partial charge in [0.2, 0.25) is 0 Å². The van der Waals surface area contributed by atoms with Crippen molar-refractivity contribution in [3.8, 4) is 0 Å². The summed E-state index contributed by atoms with van der Waals surface area (Å²) in [6.07, 6.45) is 0. The van der Waals surface area contributed by atoms with Crippen LogP contribution in [0.15, 0.2) is 0 Å². The third-order valence-corrected chi connectivity index (χ3v) is 28.6. The van der Waals surface area contributed by atoms with Gasteiger partial charge in [0.15, 0.2) is 0 Å². The molecule has 0 atom stereocenters. The minimum absolute atomic E-state index is 0.106. The predicted octanol–water partition coefficient (Wildman–Crippen LogP) is 3.51. The fraction of sp³-hybridized carbons (Fsp3) is 1.00. The van der Waals surface area contributed by atoms with Gasteiger partial charge >= 0.3 is 86.2 Å². The Morgan fingerprint density at radius 2 is 1.30 bits per heavy atom. The van der Waals surface area contributed by atoms with Crippen molar-refractivity contribution in [1.82, 2.24) is 0 Å². The molecule has 0 aliphatic carbocycles. The molecule has 10 heavy (non-hydrogen) atoms. The van der Waals surface area contributed by atoms with Gasteiger partial charge in [0, 0.05) is 0 Å². The molecule has 0 rings (SSSR count). The van der Waals surface area contributed by atoms with E-state index in [0.29, 0.717) is 0 Å². The summed E-state index contributed by atoms with van der Waals surface area (Å²) in [6.45, 7) is 9.71. The van der Waals surface area contributed by atoms with Crippen LogP contribution in [-0.4, -0.2) is 2.66 Å². The van der Waals surface area contributed by atoms with Crippen LogP contribution in [0.1, 0.15) is 27.7 Å². The second-order valence-electron chi connectivity index (χ2n) is 2.87. The van der Waals surface area contributed by atoms with E-state index in [1.54, 1.807) is 20.2 Å². The van der Waals surface area contributed by atoms with Gasteiger partial charge < -0.3 is 0 Å². The molecule has 0 aliphatic heterocycles. The van der Waals surface area contributed by atoms with Crippen molar-refractivity contribution >= 4 is 2.66 Å². The molecule has 0 fully saturated rings. The van der Waals surface area contributed by atoms with Gasteiger partial charge in [-0.3, -0.25) is 0 Å². The van der Waals surface area contributed by atoms with Crippen LogP contribution in [-0.2, 0) is 0 Å². The van der Waals surface area contributed by atoms with E-state index in [1.165, 1.54) is 0 Å². The van der Waals surface area contributed by atoms with Crippen LogP contribution in [0.25, 0.3) is 0 Å². The molecule has 0 spiro atoms. The topological polar surface area (TPSA) is 0 Å². The summed E-state index contributed by atoms with van der Waals surface area (Å²) in [5.74, 6) is 0. The summed E-state index contributed by atoms with van der Waals surface area (Å²) in [5, 5.41) is 0. The molecule has 0 aromatic heterocycles. The van der Waals surface area contributed by atoms with E-state index in [4.69, 9.17) is 0 Å². The normalized spacial score (nSPS) is 11.6. The third kappa shape index (κ3) is 3.31. The Kier molecular flexibility index (Phi) is 7.08. The van der Waals surface area contributed by atoms with Crippen molar-refractivity contribution in [2.45, 2.75) is 47.9 Å². The zero-order valence-corrected chi connectivity index (χ0v) is 12.0. The second kappa shape index (κ2) is 6.12. The Morgan fingerprint density at radius 3 is 1.40 bits per heavy atom. The fourth-order valence-electron chi connectivity index (χ4n) is 1.50. The minimum atomic E-state index is -0.523. The second-order valence-corrected chi connectivity index (χ2v) is 23.8. The van der Waals surface area contributed by atoms with E-state index >= 15 is 0 Å². The molecule has 0 saturated carbocycles. The maximum atomic E-state index is 2.43. The van der Waals surface area contributed by atoms with Gasteiger partial charge in [0.05, 0.1) is 0 Å². The molecule has 2 heteroatoms. The van der Waals surface area contributed by atoms with E-state index in [0.717, 1.165) is 0 Å². The van der Waals surface area contributed by atoms with Crippen molar-refractivity contribution in [2.24, 2.45) is 0 Å². The summed E-state index contributed by atoms with van der Waals surface area (Å²) in [5.41, 5.74) is 0. The third-order valence-electron chi connectivity index (χ3n) is 2.58. The maximum absolute atomic E-state index is 2.43. The van der Waals surface area contributed by atoms with Gasteiger partial charge in [0.25, 0.3) is 0 Å². The summed E-state index contributed by atoms with van der Waals surface area (Å²) >= 11 is -0.106. The molecule has 0 heterocycles. The molecule has 0 aliphatic rings. The predicted molar refractivity (Wildman–Crippen MR) is 47.7 cm³/mol. The molecule has 0 saturated heterocycles. The van der Waals surface area contributed by atoms with Gasteiger partial charge in [-0.25, -0.2) is 0 Å². The summed E-state index contributed by atoms with van der Waals surface area (Å²) in [7, 11) is 0. The zero-order valence-electron chi connectivity index (χ0n) is 7.83. The molecule has 0 bridgehead atoms. The van der Waals surface area contributed by atoms with E-state index < -0.39 is 2.66 Å². The Bertz CT molecular complexity index is 71.1. The van der Waals surface area contributed by atoms with Crippen LogP contribution in [0.5, 0.6) is 0 Å². The number of rotatable bonds is 5. The molecule has 0 N–H and O–H groups in total. The monoisotopic (exact) mass is 286 g/mol. The molecule has 60 valence electrons. The first-order chi connectivity index (χ1) is 4.74. The molecule has 0 amide bonds. The van der Waals surface area contributed by atoms with Gasteiger partial charge in [-0.15, -0.1) is 0 Å². The van der Waals surface area contributed by atoms with Gasteiger partial charge in [-0.05, 0) is 0 Å². The van der Waals surface area contributed by atoms with Crippen molar-refractivity contribution in [3.63, 3.8) is 0 Å². The summed E-state index contributed by atoms with van der Waals surface area (Å²) < 4.78 is 1.08. The average molecular weight is 289 g/mol. The first-order valence-corrected chi connectivity index (χ1v) is 14.2. The van der Waals surface area contributed by atoms with E-state index in [1.807, 2.05) is 0 Å². The van der Waals surface area contributed by atoms with Crippen molar-refractivity contribution in [1.29, 1.82) is 0 Å². The van der Waals surface area contributed by atoms with Crippen LogP contribution in [0.2, 0.25) is 20.2 Å². The van der Waals surface area contributed by atoms with E-state index in [2.05, 4.69) is 27.7 Å². The van der Waals surface area contributed by atoms with E-state index in [-0.39, 0.29) is 35.6 Å². The molecular weight excluding hydrogens is 268 g/mol. The molecule has 0 aromatic rings. The number of hydrogen-bond acceptors (Lipinski definition) is 0. The van der Waals surface area contributed by atoms with Crippen molar-refractivity contribution < 1.29 is 35.6 Å². The first kappa shape index (κ1) is 11.6. The standard InChI is InChI=1S/C6H15Si.C2H5.Nd/c1-4-7(5-2)6-3;1-2;/h4-6H2,1-3H3;1H2,2H3;. The Balaban J connectivity index is 3.87. The number of hydrogen-bond donors (Lipinski definition) is 0. The summed E-state index contributed by atoms with van der Waals surface area (Å²) in [4.78, 5) is 0. The average Bonchev–Trinajstić information content (AvgIpc) is 2.01. The van der Waals surface area contributed by atoms with Crippen LogP contribution < -0.4 is 0 Å². The van der Waals surface area contributed by atoms with Crippen LogP contribution >= 0.6 is 0 Å². The molecule has 0 aromatic carbocycles. The van der Waals surface area contributed by atoms with Crippen LogP contribution in [0, 0.1) is 35.6 Å². The summed E-state index contributed by atoms with van der Waals surface area (Å²) in [6, 6.07) is 4.74. The van der Waals surface area contributed by atoms with Crippen molar-refractivity contribution in [3.05, 3.63) is 0 Å². The molecular formula is C8H20NdSi. The quantitative estimate of drug-likeness (QED) is 0.679. The molecule has 0 nitrogen and oxygen atoms in total. The Labute approximate surface area is 85.1 Å².